The second-order valence-corrected chi connectivity index (χ2v) is 5.41. The lowest BCUT2D eigenvalue weighted by Crippen LogP contribution is -2.20. The maximum Gasteiger partial charge on any atom is 0.123 e. The lowest BCUT2D eigenvalue weighted by molar-refractivity contribution is 0.622. The highest BCUT2D eigenvalue weighted by atomic mass is 35.5. The molecular weight excluding hydrogens is 275 g/mol. The number of benzene rings is 2. The first-order valence-electron chi connectivity index (χ1n) is 6.48. The maximum atomic E-state index is 13.4. The maximum absolute atomic E-state index is 13.4. The van der Waals surface area contributed by atoms with Crippen LogP contribution in [-0.4, -0.2) is 7.05 Å². The Morgan fingerprint density at radius 3 is 2.45 bits per heavy atom. The van der Waals surface area contributed by atoms with Crippen molar-refractivity contribution in [3.8, 4) is 0 Å². The van der Waals surface area contributed by atoms with Gasteiger partial charge in [0.1, 0.15) is 5.82 Å². The van der Waals surface area contributed by atoms with Gasteiger partial charge in [0.15, 0.2) is 0 Å². The molecule has 0 bridgehead atoms. The fourth-order valence-corrected chi connectivity index (χ4v) is 2.31. The molecule has 2 rings (SSSR count). The number of nitrogens with zero attached hydrogens (tertiary/aromatic N) is 1. The summed E-state index contributed by atoms with van der Waals surface area (Å²) in [6.07, 6.45) is 0. The van der Waals surface area contributed by atoms with Crippen LogP contribution in [0.2, 0.25) is 5.02 Å². The minimum absolute atomic E-state index is 0.214. The topological polar surface area (TPSA) is 29.3 Å². The van der Waals surface area contributed by atoms with Crippen molar-refractivity contribution in [2.45, 2.75) is 19.5 Å². The van der Waals surface area contributed by atoms with Gasteiger partial charge in [0.25, 0.3) is 0 Å². The van der Waals surface area contributed by atoms with Crippen molar-refractivity contribution in [1.29, 1.82) is 0 Å². The van der Waals surface area contributed by atoms with Gasteiger partial charge in [-0.15, -0.1) is 0 Å². The molecule has 20 heavy (non-hydrogen) atoms. The average Bonchev–Trinajstić information content (AvgIpc) is 2.41. The number of rotatable bonds is 4. The van der Waals surface area contributed by atoms with Crippen molar-refractivity contribution in [2.75, 3.05) is 11.9 Å². The van der Waals surface area contributed by atoms with Gasteiger partial charge in [-0.1, -0.05) is 23.7 Å². The summed E-state index contributed by atoms with van der Waals surface area (Å²) in [6, 6.07) is 12.2. The lowest BCUT2D eigenvalue weighted by atomic mass is 10.1. The van der Waals surface area contributed by atoms with E-state index in [1.807, 2.05) is 38.2 Å². The molecule has 2 aromatic rings. The summed E-state index contributed by atoms with van der Waals surface area (Å²) in [5.74, 6) is -0.263. The highest BCUT2D eigenvalue weighted by molar-refractivity contribution is 6.30. The fourth-order valence-electron chi connectivity index (χ4n) is 2.19. The Kier molecular flexibility index (Phi) is 4.63. The molecular formula is C16H18ClFN2. The van der Waals surface area contributed by atoms with Crippen LogP contribution in [0.25, 0.3) is 0 Å². The van der Waals surface area contributed by atoms with E-state index in [9.17, 15) is 4.39 Å². The second kappa shape index (κ2) is 6.25. The van der Waals surface area contributed by atoms with Gasteiger partial charge in [-0.3, -0.25) is 0 Å². The van der Waals surface area contributed by atoms with Crippen LogP contribution >= 0.6 is 11.6 Å². The van der Waals surface area contributed by atoms with E-state index >= 15 is 0 Å². The van der Waals surface area contributed by atoms with E-state index in [0.717, 1.165) is 21.8 Å². The smallest absolute Gasteiger partial charge is 0.123 e. The van der Waals surface area contributed by atoms with Gasteiger partial charge < -0.3 is 10.6 Å². The molecule has 0 radical (unpaired) electrons. The average molecular weight is 293 g/mol. The molecule has 1 unspecified atom stereocenters. The zero-order chi connectivity index (χ0) is 14.7. The van der Waals surface area contributed by atoms with Crippen molar-refractivity contribution in [1.82, 2.24) is 0 Å². The van der Waals surface area contributed by atoms with E-state index in [4.69, 9.17) is 17.3 Å². The summed E-state index contributed by atoms with van der Waals surface area (Å²) < 4.78 is 13.4. The van der Waals surface area contributed by atoms with Gasteiger partial charge in [0, 0.05) is 30.3 Å². The first-order chi connectivity index (χ1) is 9.47. The molecule has 0 heterocycles. The summed E-state index contributed by atoms with van der Waals surface area (Å²) in [5.41, 5.74) is 8.81. The predicted octanol–water partition coefficient (Wildman–Crippen LogP) is 4.14. The van der Waals surface area contributed by atoms with Crippen molar-refractivity contribution >= 4 is 17.3 Å². The molecule has 0 saturated carbocycles. The monoisotopic (exact) mass is 292 g/mol. The fraction of sp³-hybridized carbons (Fsp3) is 0.250. The van der Waals surface area contributed by atoms with Gasteiger partial charge >= 0.3 is 0 Å². The van der Waals surface area contributed by atoms with Gasteiger partial charge in [0.05, 0.1) is 0 Å². The molecule has 106 valence electrons. The van der Waals surface area contributed by atoms with Crippen molar-refractivity contribution in [3.63, 3.8) is 0 Å². The molecule has 4 heteroatoms. The van der Waals surface area contributed by atoms with Crippen molar-refractivity contribution in [2.24, 2.45) is 5.73 Å². The molecule has 0 amide bonds. The Morgan fingerprint density at radius 2 is 1.85 bits per heavy atom. The SMILES string of the molecule is CC(N)c1cc(F)ccc1N(C)Cc1ccc(Cl)cc1. The molecule has 2 aromatic carbocycles. The molecule has 2 N–H and O–H groups in total. The lowest BCUT2D eigenvalue weighted by Gasteiger charge is -2.24. The third kappa shape index (κ3) is 3.50. The third-order valence-electron chi connectivity index (χ3n) is 3.22. The van der Waals surface area contributed by atoms with Gasteiger partial charge in [-0.25, -0.2) is 4.39 Å². The molecule has 0 saturated heterocycles. The molecule has 0 spiro atoms. The van der Waals surface area contributed by atoms with Gasteiger partial charge in [-0.2, -0.15) is 0 Å². The minimum Gasteiger partial charge on any atom is -0.370 e. The first-order valence-corrected chi connectivity index (χ1v) is 6.86. The van der Waals surface area contributed by atoms with Crippen LogP contribution in [0, 0.1) is 5.82 Å². The van der Waals surface area contributed by atoms with Crippen LogP contribution < -0.4 is 10.6 Å². The quantitative estimate of drug-likeness (QED) is 0.918. The number of hydrogen-bond donors (Lipinski definition) is 1. The van der Waals surface area contributed by atoms with Crippen LogP contribution in [0.4, 0.5) is 10.1 Å². The van der Waals surface area contributed by atoms with Crippen molar-refractivity contribution in [3.05, 3.63) is 64.4 Å². The van der Waals surface area contributed by atoms with E-state index in [-0.39, 0.29) is 11.9 Å². The van der Waals surface area contributed by atoms with E-state index in [1.54, 1.807) is 6.07 Å². The molecule has 0 aliphatic carbocycles. The standard InChI is InChI=1S/C16H18ClFN2/c1-11(19)15-9-14(18)7-8-16(15)20(2)10-12-3-5-13(17)6-4-12/h3-9,11H,10,19H2,1-2H3. The first kappa shape index (κ1) is 14.8. The molecule has 2 nitrogen and oxygen atoms in total. The third-order valence-corrected chi connectivity index (χ3v) is 3.48. The van der Waals surface area contributed by atoms with E-state index < -0.39 is 0 Å². The molecule has 0 aliphatic heterocycles. The van der Waals surface area contributed by atoms with Crippen LogP contribution in [0.15, 0.2) is 42.5 Å². The second-order valence-electron chi connectivity index (χ2n) is 4.97. The summed E-state index contributed by atoms with van der Waals surface area (Å²) in [4.78, 5) is 2.06. The normalized spacial score (nSPS) is 12.2. The summed E-state index contributed by atoms with van der Waals surface area (Å²) in [6.45, 7) is 2.57. The minimum atomic E-state index is -0.263. The highest BCUT2D eigenvalue weighted by Gasteiger charge is 2.12. The zero-order valence-electron chi connectivity index (χ0n) is 11.6. The number of anilines is 1. The Morgan fingerprint density at radius 1 is 1.20 bits per heavy atom. The zero-order valence-corrected chi connectivity index (χ0v) is 12.4. The predicted molar refractivity (Wildman–Crippen MR) is 82.6 cm³/mol. The largest absolute Gasteiger partial charge is 0.370 e. The Bertz CT molecular complexity index is 582. The van der Waals surface area contributed by atoms with E-state index in [0.29, 0.717) is 6.54 Å². The number of halogens is 2. The van der Waals surface area contributed by atoms with Gasteiger partial charge in [0.2, 0.25) is 0 Å². The van der Waals surface area contributed by atoms with Gasteiger partial charge in [-0.05, 0) is 48.4 Å². The molecule has 0 aromatic heterocycles. The molecule has 1 atom stereocenters. The summed E-state index contributed by atoms with van der Waals surface area (Å²) >= 11 is 5.88. The van der Waals surface area contributed by atoms with Crippen LogP contribution in [0.3, 0.4) is 0 Å². The Labute approximate surface area is 124 Å². The highest BCUT2D eigenvalue weighted by Crippen LogP contribution is 2.26. The Hall–Kier alpha value is -1.58. The number of hydrogen-bond acceptors (Lipinski definition) is 2. The van der Waals surface area contributed by atoms with E-state index in [1.165, 1.54) is 12.1 Å². The summed E-state index contributed by atoms with van der Waals surface area (Å²) in [5, 5.41) is 0.717. The number of nitrogens with two attached hydrogens (primary N) is 1. The van der Waals surface area contributed by atoms with Crippen LogP contribution in [-0.2, 0) is 6.54 Å². The molecule has 0 aliphatic rings. The summed E-state index contributed by atoms with van der Waals surface area (Å²) in [7, 11) is 1.97. The van der Waals surface area contributed by atoms with Crippen LogP contribution in [0.5, 0.6) is 0 Å². The van der Waals surface area contributed by atoms with Crippen LogP contribution in [0.1, 0.15) is 24.1 Å². The van der Waals surface area contributed by atoms with E-state index in [2.05, 4.69) is 4.90 Å². The Balaban J connectivity index is 2.24. The van der Waals surface area contributed by atoms with Crippen molar-refractivity contribution < 1.29 is 4.39 Å². The molecule has 0 fully saturated rings.